The van der Waals surface area contributed by atoms with Crippen molar-refractivity contribution in [1.29, 1.82) is 0 Å². The molecule has 0 spiro atoms. The van der Waals surface area contributed by atoms with Crippen LogP contribution in [-0.2, 0) is 17.6 Å². The van der Waals surface area contributed by atoms with Crippen LogP contribution in [0.5, 0.6) is 5.75 Å². The molecule has 2 aliphatic carbocycles. The summed E-state index contributed by atoms with van der Waals surface area (Å²) in [7, 11) is 1.76. The van der Waals surface area contributed by atoms with Crippen molar-refractivity contribution in [3.05, 3.63) is 41.2 Å². The number of aromatic hydroxyl groups is 1. The Morgan fingerprint density at radius 3 is 2.64 bits per heavy atom. The SMILES string of the molecule is COC1(C)CC(Nc2nnc(-c3ccc(/C=C/F)cc3O)c3c2CCCC3)C1. The molecule has 1 aromatic carbocycles. The van der Waals surface area contributed by atoms with Gasteiger partial charge in [0.25, 0.3) is 0 Å². The molecule has 0 aliphatic heterocycles. The van der Waals surface area contributed by atoms with E-state index in [2.05, 4.69) is 22.4 Å². The van der Waals surface area contributed by atoms with Crippen LogP contribution in [0.3, 0.4) is 0 Å². The summed E-state index contributed by atoms with van der Waals surface area (Å²) in [5.41, 5.74) is 4.28. The average Bonchev–Trinajstić information content (AvgIpc) is 2.68. The molecule has 2 aromatic rings. The Balaban J connectivity index is 1.65. The van der Waals surface area contributed by atoms with Crippen molar-refractivity contribution in [2.24, 2.45) is 0 Å². The van der Waals surface area contributed by atoms with Crippen LogP contribution >= 0.6 is 0 Å². The summed E-state index contributed by atoms with van der Waals surface area (Å²) in [4.78, 5) is 0. The Kier molecular flexibility index (Phi) is 5.06. The van der Waals surface area contributed by atoms with E-state index < -0.39 is 0 Å². The minimum absolute atomic E-state index is 0.0489. The van der Waals surface area contributed by atoms with Crippen molar-refractivity contribution < 1.29 is 14.2 Å². The molecule has 0 unspecified atom stereocenters. The number of rotatable bonds is 5. The summed E-state index contributed by atoms with van der Waals surface area (Å²) in [6.45, 7) is 2.12. The van der Waals surface area contributed by atoms with E-state index in [0.717, 1.165) is 55.6 Å². The summed E-state index contributed by atoms with van der Waals surface area (Å²) in [5.74, 6) is 0.950. The zero-order valence-electron chi connectivity index (χ0n) is 16.3. The predicted molar refractivity (Wildman–Crippen MR) is 108 cm³/mol. The molecule has 28 heavy (non-hydrogen) atoms. The van der Waals surface area contributed by atoms with Gasteiger partial charge in [-0.2, -0.15) is 0 Å². The predicted octanol–water partition coefficient (Wildman–Crippen LogP) is 4.65. The number of phenolic OH excluding ortho intramolecular Hbond substituents is 1. The van der Waals surface area contributed by atoms with Gasteiger partial charge in [-0.25, -0.2) is 4.39 Å². The highest BCUT2D eigenvalue weighted by Crippen LogP contribution is 2.40. The lowest BCUT2D eigenvalue weighted by atomic mass is 9.77. The van der Waals surface area contributed by atoms with E-state index >= 15 is 0 Å². The number of nitrogens with zero attached hydrogens (tertiary/aromatic N) is 2. The van der Waals surface area contributed by atoms with E-state index in [1.165, 1.54) is 11.6 Å². The third kappa shape index (κ3) is 3.49. The minimum atomic E-state index is -0.0489. The first-order valence-corrected chi connectivity index (χ1v) is 9.83. The summed E-state index contributed by atoms with van der Waals surface area (Å²) in [6.07, 6.45) is 7.77. The maximum Gasteiger partial charge on any atom is 0.152 e. The number of fused-ring (bicyclic) bond motifs is 1. The second-order valence-corrected chi connectivity index (χ2v) is 8.03. The van der Waals surface area contributed by atoms with Crippen LogP contribution in [0.25, 0.3) is 17.3 Å². The first-order chi connectivity index (χ1) is 13.5. The lowest BCUT2D eigenvalue weighted by Gasteiger charge is -2.44. The fraction of sp³-hybridized carbons (Fsp3) is 0.455. The van der Waals surface area contributed by atoms with Gasteiger partial charge in [-0.3, -0.25) is 0 Å². The molecule has 6 heteroatoms. The van der Waals surface area contributed by atoms with Gasteiger partial charge in [0.2, 0.25) is 0 Å². The lowest BCUT2D eigenvalue weighted by Crippen LogP contribution is -2.50. The van der Waals surface area contributed by atoms with Gasteiger partial charge in [0.1, 0.15) is 11.4 Å². The van der Waals surface area contributed by atoms with Gasteiger partial charge in [-0.15, -0.1) is 10.2 Å². The third-order valence-electron chi connectivity index (χ3n) is 6.01. The smallest absolute Gasteiger partial charge is 0.152 e. The Bertz CT molecular complexity index is 907. The number of anilines is 1. The lowest BCUT2D eigenvalue weighted by molar-refractivity contribution is -0.0625. The van der Waals surface area contributed by atoms with Crippen molar-refractivity contribution in [3.63, 3.8) is 0 Å². The second-order valence-electron chi connectivity index (χ2n) is 8.03. The maximum absolute atomic E-state index is 12.4. The van der Waals surface area contributed by atoms with Crippen LogP contribution in [0.2, 0.25) is 0 Å². The Morgan fingerprint density at radius 1 is 1.21 bits per heavy atom. The topological polar surface area (TPSA) is 67.3 Å². The molecule has 2 aliphatic rings. The molecule has 1 saturated carbocycles. The quantitative estimate of drug-likeness (QED) is 0.787. The molecule has 0 bridgehead atoms. The van der Waals surface area contributed by atoms with E-state index in [4.69, 9.17) is 4.74 Å². The number of halogens is 1. The first-order valence-electron chi connectivity index (χ1n) is 9.83. The molecular weight excluding hydrogens is 357 g/mol. The molecule has 0 atom stereocenters. The van der Waals surface area contributed by atoms with Gasteiger partial charge >= 0.3 is 0 Å². The van der Waals surface area contributed by atoms with E-state index in [0.29, 0.717) is 23.5 Å². The molecule has 4 rings (SSSR count). The monoisotopic (exact) mass is 383 g/mol. The first kappa shape index (κ1) is 18.9. The van der Waals surface area contributed by atoms with Crippen molar-refractivity contribution in [2.45, 2.75) is 57.1 Å². The van der Waals surface area contributed by atoms with Gasteiger partial charge in [0.15, 0.2) is 5.82 Å². The Morgan fingerprint density at radius 2 is 1.96 bits per heavy atom. The van der Waals surface area contributed by atoms with Gasteiger partial charge in [-0.05, 0) is 74.8 Å². The molecule has 5 nitrogen and oxygen atoms in total. The molecule has 148 valence electrons. The van der Waals surface area contributed by atoms with E-state index in [1.54, 1.807) is 25.3 Å². The van der Waals surface area contributed by atoms with Crippen LogP contribution in [0.15, 0.2) is 24.5 Å². The highest BCUT2D eigenvalue weighted by atomic mass is 19.1. The van der Waals surface area contributed by atoms with Crippen molar-refractivity contribution in [2.75, 3.05) is 12.4 Å². The molecule has 0 radical (unpaired) electrons. The molecular formula is C22H26FN3O2. The number of hydrogen-bond donors (Lipinski definition) is 2. The molecule has 0 amide bonds. The number of aromatic nitrogens is 2. The summed E-state index contributed by atoms with van der Waals surface area (Å²) < 4.78 is 18.0. The summed E-state index contributed by atoms with van der Waals surface area (Å²) in [5, 5.41) is 23.0. The number of nitrogens with one attached hydrogen (secondary N) is 1. The van der Waals surface area contributed by atoms with Crippen molar-refractivity contribution in [1.82, 2.24) is 10.2 Å². The Hall–Kier alpha value is -2.47. The number of hydrogen-bond acceptors (Lipinski definition) is 5. The van der Waals surface area contributed by atoms with Crippen LogP contribution in [0, 0.1) is 0 Å². The largest absolute Gasteiger partial charge is 0.507 e. The minimum Gasteiger partial charge on any atom is -0.507 e. The normalized spacial score (nSPS) is 24.0. The van der Waals surface area contributed by atoms with E-state index in [-0.39, 0.29) is 11.4 Å². The highest BCUT2D eigenvalue weighted by molar-refractivity contribution is 5.74. The number of phenols is 1. The van der Waals surface area contributed by atoms with Crippen molar-refractivity contribution in [3.8, 4) is 17.0 Å². The molecule has 1 fully saturated rings. The zero-order chi connectivity index (χ0) is 19.7. The number of ether oxygens (including phenoxy) is 1. The zero-order valence-corrected chi connectivity index (χ0v) is 16.3. The third-order valence-corrected chi connectivity index (χ3v) is 6.01. The number of methoxy groups -OCH3 is 1. The van der Waals surface area contributed by atoms with Gasteiger partial charge in [-0.1, -0.05) is 6.07 Å². The van der Waals surface area contributed by atoms with Crippen LogP contribution < -0.4 is 5.32 Å². The maximum atomic E-state index is 12.4. The van der Waals surface area contributed by atoms with E-state index in [9.17, 15) is 9.50 Å². The van der Waals surface area contributed by atoms with Crippen LogP contribution in [-0.4, -0.2) is 34.1 Å². The van der Waals surface area contributed by atoms with Gasteiger partial charge < -0.3 is 15.2 Å². The number of benzene rings is 1. The highest BCUT2D eigenvalue weighted by Gasteiger charge is 2.41. The van der Waals surface area contributed by atoms with Crippen molar-refractivity contribution >= 4 is 11.9 Å². The summed E-state index contributed by atoms with van der Waals surface area (Å²) in [6, 6.07) is 5.45. The molecule has 1 aromatic heterocycles. The van der Waals surface area contributed by atoms with Crippen LogP contribution in [0.4, 0.5) is 10.2 Å². The second kappa shape index (κ2) is 7.51. The van der Waals surface area contributed by atoms with Crippen LogP contribution in [0.1, 0.15) is 49.3 Å². The summed E-state index contributed by atoms with van der Waals surface area (Å²) >= 11 is 0. The fourth-order valence-electron chi connectivity index (χ4n) is 4.35. The molecule has 0 saturated heterocycles. The standard InChI is InChI=1S/C22H26FN3O2/c1-22(28-2)12-15(13-22)24-21-17-6-4-3-5-16(17)20(25-26-21)18-8-7-14(9-10-23)11-19(18)27/h7-11,15,27H,3-6,12-13H2,1-2H3,(H,24,26)/b10-9+. The molecule has 2 N–H and O–H groups in total. The Labute approximate surface area is 164 Å². The molecule has 1 heterocycles. The van der Waals surface area contributed by atoms with Gasteiger partial charge in [0.05, 0.1) is 11.9 Å². The fourth-order valence-corrected chi connectivity index (χ4v) is 4.35. The van der Waals surface area contributed by atoms with E-state index in [1.807, 2.05) is 0 Å². The van der Waals surface area contributed by atoms with Gasteiger partial charge in [0, 0.05) is 24.3 Å². The average molecular weight is 383 g/mol.